The van der Waals surface area contributed by atoms with Gasteiger partial charge in [0.15, 0.2) is 4.90 Å². The molecule has 1 fully saturated rings. The van der Waals surface area contributed by atoms with Gasteiger partial charge in [0.2, 0.25) is 0 Å². The van der Waals surface area contributed by atoms with E-state index in [4.69, 9.17) is 24.0 Å². The van der Waals surface area contributed by atoms with Crippen LogP contribution < -0.4 is 4.18 Å². The number of likely N-dealkylation sites (tertiary alicyclic amines) is 1. The molecule has 0 aliphatic carbocycles. The largest absolute Gasteiger partial charge is 0.473 e. The topological polar surface area (TPSA) is 126 Å². The summed E-state index contributed by atoms with van der Waals surface area (Å²) in [5.74, 6) is -5.61. The van der Waals surface area contributed by atoms with Crippen LogP contribution in [0.1, 0.15) is 31.2 Å². The minimum Gasteiger partial charge on any atom is -0.473 e. The van der Waals surface area contributed by atoms with Gasteiger partial charge in [-0.15, -0.1) is 0 Å². The Bertz CT molecular complexity index is 1350. The van der Waals surface area contributed by atoms with Gasteiger partial charge in [0.25, 0.3) is 0 Å². The van der Waals surface area contributed by atoms with E-state index in [9.17, 15) is 17.2 Å². The van der Waals surface area contributed by atoms with E-state index in [0.717, 1.165) is 67.1 Å². The number of aromatic nitrogens is 1. The van der Waals surface area contributed by atoms with E-state index in [-0.39, 0.29) is 5.75 Å². The van der Waals surface area contributed by atoms with Gasteiger partial charge in [-0.2, -0.15) is 8.42 Å². The third-order valence-electron chi connectivity index (χ3n) is 5.94. The quantitative estimate of drug-likeness (QED) is 0.383. The van der Waals surface area contributed by atoms with Crippen molar-refractivity contribution in [3.63, 3.8) is 0 Å². The van der Waals surface area contributed by atoms with Crippen LogP contribution in [-0.2, 0) is 26.3 Å². The fourth-order valence-electron chi connectivity index (χ4n) is 4.15. The monoisotopic (exact) mass is 524 g/mol. The van der Waals surface area contributed by atoms with Crippen molar-refractivity contribution in [1.29, 1.82) is 0 Å². The van der Waals surface area contributed by atoms with Gasteiger partial charge in [-0.05, 0) is 81.7 Å². The molecule has 0 bridgehead atoms. The second kappa shape index (κ2) is 11.0. The molecule has 194 valence electrons. The summed E-state index contributed by atoms with van der Waals surface area (Å²) in [6, 6.07) is 7.86. The van der Waals surface area contributed by atoms with Gasteiger partial charge in [0.05, 0.1) is 0 Å². The summed E-state index contributed by atoms with van der Waals surface area (Å²) in [5.41, 5.74) is 2.13. The van der Waals surface area contributed by atoms with E-state index in [1.54, 1.807) is 12.1 Å². The predicted molar refractivity (Wildman–Crippen MR) is 127 cm³/mol. The van der Waals surface area contributed by atoms with Crippen LogP contribution in [0, 0.1) is 11.6 Å². The number of carboxylic acids is 2. The van der Waals surface area contributed by atoms with Crippen LogP contribution in [-0.4, -0.2) is 60.2 Å². The summed E-state index contributed by atoms with van der Waals surface area (Å²) in [5, 5.41) is 15.7. The molecule has 1 aliphatic heterocycles. The molecular weight excluding hydrogens is 498 g/mol. The molecule has 0 spiro atoms. The Morgan fingerprint density at radius 2 is 1.64 bits per heavy atom. The van der Waals surface area contributed by atoms with E-state index in [2.05, 4.69) is 22.7 Å². The first kappa shape index (κ1) is 27.1. The maximum Gasteiger partial charge on any atom is 0.414 e. The SMILES string of the molecule is CCn1cc(C2CCN(C)CC2)c2cc(OS(=O)(=O)c3c(F)cccc3F)ccc21.O=C(O)C(=O)O. The van der Waals surface area contributed by atoms with Crippen LogP contribution in [0.3, 0.4) is 0 Å². The van der Waals surface area contributed by atoms with Crippen LogP contribution in [0.2, 0.25) is 0 Å². The first-order chi connectivity index (χ1) is 16.9. The first-order valence-electron chi connectivity index (χ1n) is 11.1. The summed E-state index contributed by atoms with van der Waals surface area (Å²) in [7, 11) is -2.55. The number of carbonyl (C=O) groups is 2. The Balaban J connectivity index is 0.000000538. The lowest BCUT2D eigenvalue weighted by atomic mass is 9.89. The highest BCUT2D eigenvalue weighted by Gasteiger charge is 2.27. The van der Waals surface area contributed by atoms with E-state index in [0.29, 0.717) is 5.92 Å². The molecule has 0 unspecified atom stereocenters. The van der Waals surface area contributed by atoms with Crippen molar-refractivity contribution >= 4 is 33.0 Å². The molecule has 0 amide bonds. The van der Waals surface area contributed by atoms with Crippen LogP contribution in [0.5, 0.6) is 5.75 Å². The Kier molecular flexibility index (Phi) is 8.31. The van der Waals surface area contributed by atoms with Crippen molar-refractivity contribution in [2.24, 2.45) is 0 Å². The van der Waals surface area contributed by atoms with Gasteiger partial charge in [-0.1, -0.05) is 6.07 Å². The number of aliphatic carboxylic acids is 2. The number of hydrogen-bond donors (Lipinski definition) is 2. The molecule has 2 aromatic carbocycles. The molecule has 2 N–H and O–H groups in total. The Morgan fingerprint density at radius 3 is 2.17 bits per heavy atom. The number of piperidine rings is 1. The predicted octanol–water partition coefficient (Wildman–Crippen LogP) is 3.67. The average molecular weight is 525 g/mol. The Hall–Kier alpha value is -3.51. The number of carboxylic acid groups (broad SMARTS) is 2. The molecule has 36 heavy (non-hydrogen) atoms. The molecule has 0 radical (unpaired) electrons. The maximum atomic E-state index is 14.0. The van der Waals surface area contributed by atoms with Crippen LogP contribution in [0.4, 0.5) is 8.78 Å². The maximum absolute atomic E-state index is 14.0. The first-order valence-corrected chi connectivity index (χ1v) is 12.5. The van der Waals surface area contributed by atoms with Gasteiger partial charge in [-0.3, -0.25) is 0 Å². The molecular formula is C24H26F2N2O7S. The number of nitrogens with zero attached hydrogens (tertiary/aromatic N) is 2. The van der Waals surface area contributed by atoms with Crippen LogP contribution in [0.25, 0.3) is 10.9 Å². The van der Waals surface area contributed by atoms with Crippen LogP contribution >= 0.6 is 0 Å². The normalized spacial score (nSPS) is 14.8. The highest BCUT2D eigenvalue weighted by atomic mass is 32.2. The summed E-state index contributed by atoms with van der Waals surface area (Å²) in [6.45, 7) is 4.83. The number of benzene rings is 2. The van der Waals surface area contributed by atoms with E-state index >= 15 is 0 Å². The second-order valence-electron chi connectivity index (χ2n) is 8.33. The molecule has 4 rings (SSSR count). The fraction of sp³-hybridized carbons (Fsp3) is 0.333. The molecule has 9 nitrogen and oxygen atoms in total. The van der Waals surface area contributed by atoms with Gasteiger partial charge in [-0.25, -0.2) is 18.4 Å². The molecule has 1 saturated heterocycles. The van der Waals surface area contributed by atoms with E-state index in [1.807, 2.05) is 6.92 Å². The number of rotatable bonds is 5. The summed E-state index contributed by atoms with van der Waals surface area (Å²) >= 11 is 0. The molecule has 0 saturated carbocycles. The lowest BCUT2D eigenvalue weighted by molar-refractivity contribution is -0.159. The highest BCUT2D eigenvalue weighted by molar-refractivity contribution is 7.87. The van der Waals surface area contributed by atoms with Crippen LogP contribution in [0.15, 0.2) is 47.5 Å². The molecule has 1 aromatic heterocycles. The zero-order valence-corrected chi connectivity index (χ0v) is 20.5. The fourth-order valence-corrected chi connectivity index (χ4v) is 5.21. The summed E-state index contributed by atoms with van der Waals surface area (Å²) < 4.78 is 60.3. The van der Waals surface area contributed by atoms with Gasteiger partial charge in [0, 0.05) is 23.6 Å². The standard InChI is InChI=1S/C22H24F2N2O3S.C2H2O4/c1-3-26-14-18(15-9-11-25(2)12-10-15)17-13-16(7-8-21(17)26)29-30(27,28)22-19(23)5-4-6-20(22)24;3-1(4)2(5)6/h4-8,13-15H,3,9-12H2,1-2H3;(H,3,4)(H,5,6). The van der Waals surface area contributed by atoms with E-state index in [1.165, 1.54) is 6.07 Å². The molecule has 0 atom stereocenters. The Labute approximate surface area is 206 Å². The van der Waals surface area contributed by atoms with Crippen molar-refractivity contribution < 1.29 is 41.2 Å². The molecule has 12 heteroatoms. The van der Waals surface area contributed by atoms with Crippen molar-refractivity contribution in [2.45, 2.75) is 37.1 Å². The van der Waals surface area contributed by atoms with Gasteiger partial charge < -0.3 is 23.9 Å². The number of hydrogen-bond acceptors (Lipinski definition) is 6. The van der Waals surface area contributed by atoms with E-state index < -0.39 is 38.6 Å². The summed E-state index contributed by atoms with van der Waals surface area (Å²) in [6.07, 6.45) is 4.15. The number of halogens is 2. The third kappa shape index (κ3) is 6.00. The second-order valence-corrected chi connectivity index (χ2v) is 9.81. The molecule has 1 aliphatic rings. The zero-order chi connectivity index (χ0) is 26.6. The van der Waals surface area contributed by atoms with Gasteiger partial charge in [0.1, 0.15) is 17.4 Å². The lowest BCUT2D eigenvalue weighted by Crippen LogP contribution is -2.29. The van der Waals surface area contributed by atoms with Crippen molar-refractivity contribution in [1.82, 2.24) is 9.47 Å². The number of aryl methyl sites for hydroxylation is 1. The van der Waals surface area contributed by atoms with Gasteiger partial charge >= 0.3 is 22.1 Å². The van der Waals surface area contributed by atoms with Crippen molar-refractivity contribution in [3.8, 4) is 5.75 Å². The number of fused-ring (bicyclic) bond motifs is 1. The lowest BCUT2D eigenvalue weighted by Gasteiger charge is -2.28. The zero-order valence-electron chi connectivity index (χ0n) is 19.6. The Morgan fingerprint density at radius 1 is 1.06 bits per heavy atom. The summed E-state index contributed by atoms with van der Waals surface area (Å²) in [4.78, 5) is 19.4. The molecule has 2 heterocycles. The van der Waals surface area contributed by atoms with Crippen molar-refractivity contribution in [3.05, 3.63) is 59.8 Å². The highest BCUT2D eigenvalue weighted by Crippen LogP contribution is 2.36. The average Bonchev–Trinajstić information content (AvgIpc) is 3.17. The minimum atomic E-state index is -4.65. The van der Waals surface area contributed by atoms with Crippen molar-refractivity contribution in [2.75, 3.05) is 20.1 Å². The molecule has 3 aromatic rings. The minimum absolute atomic E-state index is 0.0354. The third-order valence-corrected chi connectivity index (χ3v) is 7.24. The smallest absolute Gasteiger partial charge is 0.414 e.